The molecule has 0 aliphatic heterocycles. The number of fused-ring (bicyclic) bond motifs is 1. The summed E-state index contributed by atoms with van der Waals surface area (Å²) in [5.41, 5.74) is 1.43. The van der Waals surface area contributed by atoms with Gasteiger partial charge in [0.2, 0.25) is 5.28 Å². The summed E-state index contributed by atoms with van der Waals surface area (Å²) in [7, 11) is 0. The van der Waals surface area contributed by atoms with Gasteiger partial charge in [0.1, 0.15) is 5.52 Å². The van der Waals surface area contributed by atoms with E-state index in [0.717, 1.165) is 29.7 Å². The van der Waals surface area contributed by atoms with Crippen molar-refractivity contribution in [3.8, 4) is 0 Å². The molecule has 2 N–H and O–H groups in total. The minimum atomic E-state index is 0.233. The maximum atomic E-state index is 5.89. The van der Waals surface area contributed by atoms with Gasteiger partial charge in [-0.3, -0.25) is 0 Å². The van der Waals surface area contributed by atoms with Gasteiger partial charge in [-0.2, -0.15) is 9.97 Å². The Balaban J connectivity index is 1.79. The molecule has 0 aromatic carbocycles. The molecule has 2 aromatic rings. The quantitative estimate of drug-likeness (QED) is 0.838. The number of hydrogen-bond donors (Lipinski definition) is 2. The van der Waals surface area contributed by atoms with Crippen molar-refractivity contribution < 1.29 is 0 Å². The van der Waals surface area contributed by atoms with Gasteiger partial charge >= 0.3 is 0 Å². The summed E-state index contributed by atoms with van der Waals surface area (Å²) in [4.78, 5) is 15.4. The number of nitrogens with zero attached hydrogens (tertiary/aromatic N) is 3. The third kappa shape index (κ3) is 2.14. The second kappa shape index (κ2) is 4.72. The first-order valence-electron chi connectivity index (χ1n) is 6.34. The van der Waals surface area contributed by atoms with Crippen molar-refractivity contribution in [3.63, 3.8) is 0 Å². The monoisotopic (exact) mass is 265 g/mol. The molecular formula is C12H16ClN5. The average molecular weight is 266 g/mol. The van der Waals surface area contributed by atoms with Crippen LogP contribution in [0.15, 0.2) is 6.33 Å². The van der Waals surface area contributed by atoms with Gasteiger partial charge in [-0.25, -0.2) is 4.98 Å². The molecule has 5 nitrogen and oxygen atoms in total. The fourth-order valence-electron chi connectivity index (χ4n) is 2.69. The highest BCUT2D eigenvalue weighted by Gasteiger charge is 2.23. The molecule has 2 aromatic heterocycles. The zero-order chi connectivity index (χ0) is 12.5. The van der Waals surface area contributed by atoms with Crippen LogP contribution < -0.4 is 5.32 Å². The predicted octanol–water partition coefficient (Wildman–Crippen LogP) is 2.85. The number of aromatic amines is 1. The molecule has 0 spiro atoms. The van der Waals surface area contributed by atoms with E-state index in [1.54, 1.807) is 6.33 Å². The van der Waals surface area contributed by atoms with Crippen LogP contribution in [-0.2, 0) is 0 Å². The van der Waals surface area contributed by atoms with Crippen LogP contribution >= 0.6 is 11.6 Å². The van der Waals surface area contributed by atoms with Crippen LogP contribution in [0.4, 0.5) is 5.82 Å². The van der Waals surface area contributed by atoms with E-state index in [1.807, 2.05) is 0 Å². The Hall–Kier alpha value is -1.36. The van der Waals surface area contributed by atoms with Gasteiger partial charge in [0.05, 0.1) is 6.33 Å². The minimum absolute atomic E-state index is 0.233. The molecule has 0 amide bonds. The molecule has 18 heavy (non-hydrogen) atoms. The van der Waals surface area contributed by atoms with Crippen LogP contribution in [0, 0.1) is 11.8 Å². The summed E-state index contributed by atoms with van der Waals surface area (Å²) < 4.78 is 0. The molecular weight excluding hydrogens is 250 g/mol. The van der Waals surface area contributed by atoms with Crippen molar-refractivity contribution in [1.29, 1.82) is 0 Å². The highest BCUT2D eigenvalue weighted by molar-refractivity contribution is 6.28. The van der Waals surface area contributed by atoms with Gasteiger partial charge in [-0.05, 0) is 29.9 Å². The van der Waals surface area contributed by atoms with E-state index < -0.39 is 0 Å². The third-order valence-corrected chi connectivity index (χ3v) is 4.00. The van der Waals surface area contributed by atoms with E-state index >= 15 is 0 Å². The minimum Gasteiger partial charge on any atom is -0.368 e. The Bertz CT molecular complexity index is 552. The summed E-state index contributed by atoms with van der Waals surface area (Å²) in [6.07, 6.45) is 5.56. The van der Waals surface area contributed by atoms with Gasteiger partial charge in [0.25, 0.3) is 0 Å². The lowest BCUT2D eigenvalue weighted by Gasteiger charge is -2.16. The molecule has 1 aliphatic rings. The van der Waals surface area contributed by atoms with Crippen molar-refractivity contribution in [2.45, 2.75) is 26.2 Å². The Morgan fingerprint density at radius 2 is 2.33 bits per heavy atom. The summed E-state index contributed by atoms with van der Waals surface area (Å²) >= 11 is 5.89. The van der Waals surface area contributed by atoms with E-state index in [4.69, 9.17) is 11.6 Å². The maximum Gasteiger partial charge on any atom is 0.226 e. The molecule has 1 fully saturated rings. The van der Waals surface area contributed by atoms with Crippen molar-refractivity contribution >= 4 is 28.6 Å². The number of halogens is 1. The molecule has 96 valence electrons. The maximum absolute atomic E-state index is 5.89. The van der Waals surface area contributed by atoms with Crippen LogP contribution in [0.3, 0.4) is 0 Å². The molecule has 1 saturated carbocycles. The summed E-state index contributed by atoms with van der Waals surface area (Å²) in [6.45, 7) is 3.25. The van der Waals surface area contributed by atoms with Crippen molar-refractivity contribution in [2.24, 2.45) is 11.8 Å². The Labute approximate surface area is 110 Å². The smallest absolute Gasteiger partial charge is 0.226 e. The average Bonchev–Trinajstić information content (AvgIpc) is 2.94. The summed E-state index contributed by atoms with van der Waals surface area (Å²) in [6, 6.07) is 0. The summed E-state index contributed by atoms with van der Waals surface area (Å²) in [5, 5.41) is 3.61. The number of nitrogens with one attached hydrogen (secondary N) is 2. The van der Waals surface area contributed by atoms with Gasteiger partial charge in [-0.1, -0.05) is 19.8 Å². The van der Waals surface area contributed by atoms with Gasteiger partial charge < -0.3 is 10.3 Å². The van der Waals surface area contributed by atoms with E-state index in [9.17, 15) is 0 Å². The van der Waals surface area contributed by atoms with E-state index in [2.05, 4.69) is 32.2 Å². The van der Waals surface area contributed by atoms with Crippen LogP contribution in [0.5, 0.6) is 0 Å². The Morgan fingerprint density at radius 3 is 3.11 bits per heavy atom. The van der Waals surface area contributed by atoms with Crippen LogP contribution in [0.25, 0.3) is 11.2 Å². The lowest BCUT2D eigenvalue weighted by molar-refractivity contribution is 0.439. The Morgan fingerprint density at radius 1 is 1.44 bits per heavy atom. The largest absolute Gasteiger partial charge is 0.368 e. The fourth-order valence-corrected chi connectivity index (χ4v) is 2.85. The molecule has 2 unspecified atom stereocenters. The molecule has 3 rings (SSSR count). The van der Waals surface area contributed by atoms with E-state index in [-0.39, 0.29) is 5.28 Å². The van der Waals surface area contributed by atoms with Crippen LogP contribution in [-0.4, -0.2) is 26.5 Å². The predicted molar refractivity (Wildman–Crippen MR) is 71.7 cm³/mol. The van der Waals surface area contributed by atoms with E-state index in [1.165, 1.54) is 19.3 Å². The SMILES string of the molecule is CC1CCCC1CNc1nc(Cl)nc2nc[nH]c12. The third-order valence-electron chi connectivity index (χ3n) is 3.83. The lowest BCUT2D eigenvalue weighted by Crippen LogP contribution is -2.17. The summed E-state index contributed by atoms with van der Waals surface area (Å²) in [5.74, 6) is 2.25. The number of anilines is 1. The normalized spacial score (nSPS) is 23.7. The molecule has 2 atom stereocenters. The first kappa shape index (κ1) is 11.7. The fraction of sp³-hybridized carbons (Fsp3) is 0.583. The second-order valence-electron chi connectivity index (χ2n) is 4.99. The molecule has 2 heterocycles. The van der Waals surface area contributed by atoms with Gasteiger partial charge in [0.15, 0.2) is 11.5 Å². The van der Waals surface area contributed by atoms with E-state index in [0.29, 0.717) is 5.65 Å². The molecule has 0 radical (unpaired) electrons. The lowest BCUT2D eigenvalue weighted by atomic mass is 9.98. The molecule has 0 bridgehead atoms. The standard InChI is InChI=1S/C12H16ClN5/c1-7-3-2-4-8(7)5-14-10-9-11(16-6-15-9)18-12(13)17-10/h6-8H,2-5H2,1H3,(H2,14,15,16,17,18). The topological polar surface area (TPSA) is 66.5 Å². The van der Waals surface area contributed by atoms with Crippen molar-refractivity contribution in [1.82, 2.24) is 19.9 Å². The second-order valence-corrected chi connectivity index (χ2v) is 5.33. The number of rotatable bonds is 3. The first-order chi connectivity index (χ1) is 8.74. The number of imidazole rings is 1. The molecule has 1 aliphatic carbocycles. The first-order valence-corrected chi connectivity index (χ1v) is 6.72. The van der Waals surface area contributed by atoms with Gasteiger partial charge in [-0.15, -0.1) is 0 Å². The highest BCUT2D eigenvalue weighted by atomic mass is 35.5. The van der Waals surface area contributed by atoms with Crippen LogP contribution in [0.2, 0.25) is 5.28 Å². The van der Waals surface area contributed by atoms with Crippen molar-refractivity contribution in [3.05, 3.63) is 11.6 Å². The number of H-pyrrole nitrogens is 1. The van der Waals surface area contributed by atoms with Crippen LogP contribution in [0.1, 0.15) is 26.2 Å². The highest BCUT2D eigenvalue weighted by Crippen LogP contribution is 2.31. The zero-order valence-corrected chi connectivity index (χ0v) is 11.0. The zero-order valence-electron chi connectivity index (χ0n) is 10.3. The Kier molecular flexibility index (Phi) is 3.07. The van der Waals surface area contributed by atoms with Gasteiger partial charge in [0, 0.05) is 6.54 Å². The molecule has 6 heteroatoms. The number of hydrogen-bond acceptors (Lipinski definition) is 4. The van der Waals surface area contributed by atoms with Crippen molar-refractivity contribution in [2.75, 3.05) is 11.9 Å². The molecule has 0 saturated heterocycles. The number of aromatic nitrogens is 4.